The molecule has 3 aromatic rings. The molecule has 1 heterocycles. The van der Waals surface area contributed by atoms with Crippen molar-refractivity contribution < 1.29 is 19.0 Å². The van der Waals surface area contributed by atoms with Crippen molar-refractivity contribution >= 4 is 27.6 Å². The predicted molar refractivity (Wildman–Crippen MR) is 145 cm³/mol. The number of urea groups is 1. The topological polar surface area (TPSA) is 63.3 Å². The Morgan fingerprint density at radius 2 is 1.75 bits per heavy atom. The fourth-order valence-electron chi connectivity index (χ4n) is 3.96. The minimum absolute atomic E-state index is 0.145. The van der Waals surface area contributed by atoms with Crippen molar-refractivity contribution in [3.8, 4) is 11.5 Å². The normalized spacial score (nSPS) is 13.7. The summed E-state index contributed by atoms with van der Waals surface area (Å²) in [5.41, 5.74) is 2.79. The van der Waals surface area contributed by atoms with E-state index < -0.39 is 0 Å². The van der Waals surface area contributed by atoms with E-state index in [0.29, 0.717) is 31.2 Å². The van der Waals surface area contributed by atoms with Crippen LogP contribution in [0.2, 0.25) is 0 Å². The van der Waals surface area contributed by atoms with Crippen LogP contribution in [0.25, 0.3) is 0 Å². The first-order valence-electron chi connectivity index (χ1n) is 12.1. The Hall–Kier alpha value is -3.07. The molecule has 0 aromatic heterocycles. The van der Waals surface area contributed by atoms with Gasteiger partial charge in [0.2, 0.25) is 0 Å². The Morgan fingerprint density at radius 1 is 1.00 bits per heavy atom. The number of hydrogen-bond acceptors (Lipinski definition) is 5. The van der Waals surface area contributed by atoms with E-state index in [1.807, 2.05) is 77.7 Å². The van der Waals surface area contributed by atoms with Crippen LogP contribution in [-0.4, -0.2) is 62.3 Å². The van der Waals surface area contributed by atoms with Crippen LogP contribution in [-0.2, 0) is 17.9 Å². The van der Waals surface area contributed by atoms with E-state index in [9.17, 15) is 4.79 Å². The fraction of sp³-hybridized carbons (Fsp3) is 0.321. The maximum atomic E-state index is 13.3. The van der Waals surface area contributed by atoms with E-state index in [4.69, 9.17) is 14.2 Å². The summed E-state index contributed by atoms with van der Waals surface area (Å²) in [5.74, 6) is 1.31. The summed E-state index contributed by atoms with van der Waals surface area (Å²) in [6, 6.07) is 23.3. The van der Waals surface area contributed by atoms with E-state index in [0.717, 1.165) is 54.1 Å². The Bertz CT molecular complexity index is 1110. The van der Waals surface area contributed by atoms with Crippen LogP contribution in [0.15, 0.2) is 77.3 Å². The molecule has 0 saturated carbocycles. The van der Waals surface area contributed by atoms with E-state index in [2.05, 4.69) is 26.1 Å². The maximum absolute atomic E-state index is 13.3. The first-order valence-corrected chi connectivity index (χ1v) is 12.9. The van der Waals surface area contributed by atoms with E-state index in [1.54, 1.807) is 7.11 Å². The van der Waals surface area contributed by atoms with Gasteiger partial charge in [-0.1, -0.05) is 52.3 Å². The van der Waals surface area contributed by atoms with Gasteiger partial charge >= 0.3 is 6.03 Å². The van der Waals surface area contributed by atoms with Gasteiger partial charge in [-0.15, -0.1) is 0 Å². The second kappa shape index (κ2) is 13.3. The van der Waals surface area contributed by atoms with Crippen LogP contribution < -0.4 is 14.8 Å². The number of carbonyl (C=O) groups excluding carboxylic acids is 1. The highest BCUT2D eigenvalue weighted by Crippen LogP contribution is 2.29. The van der Waals surface area contributed by atoms with Crippen molar-refractivity contribution in [1.29, 1.82) is 0 Å². The Labute approximate surface area is 221 Å². The fourth-order valence-corrected chi connectivity index (χ4v) is 4.23. The van der Waals surface area contributed by atoms with Crippen molar-refractivity contribution in [1.82, 2.24) is 9.80 Å². The average molecular weight is 554 g/mol. The van der Waals surface area contributed by atoms with Gasteiger partial charge in [0, 0.05) is 42.9 Å². The largest absolute Gasteiger partial charge is 0.493 e. The molecule has 0 radical (unpaired) electrons. The number of morpholine rings is 1. The molecule has 7 nitrogen and oxygen atoms in total. The second-order valence-electron chi connectivity index (χ2n) is 8.57. The molecule has 1 aliphatic heterocycles. The lowest BCUT2D eigenvalue weighted by atomic mass is 10.2. The number of methoxy groups -OCH3 is 1. The van der Waals surface area contributed by atoms with Crippen molar-refractivity contribution in [2.45, 2.75) is 13.2 Å². The molecule has 0 unspecified atom stereocenters. The quantitative estimate of drug-likeness (QED) is 0.364. The second-order valence-corrected chi connectivity index (χ2v) is 9.49. The zero-order valence-corrected chi connectivity index (χ0v) is 22.1. The monoisotopic (exact) mass is 553 g/mol. The molecule has 36 heavy (non-hydrogen) atoms. The van der Waals surface area contributed by atoms with Crippen molar-refractivity contribution in [3.63, 3.8) is 0 Å². The summed E-state index contributed by atoms with van der Waals surface area (Å²) in [7, 11) is 1.63. The van der Waals surface area contributed by atoms with Crippen LogP contribution in [0.3, 0.4) is 0 Å². The molecule has 1 aliphatic rings. The minimum Gasteiger partial charge on any atom is -0.493 e. The van der Waals surface area contributed by atoms with Gasteiger partial charge in [-0.2, -0.15) is 0 Å². The molecule has 0 spiro atoms. The molecular formula is C28H32BrN3O4. The molecule has 1 saturated heterocycles. The summed E-state index contributed by atoms with van der Waals surface area (Å²) < 4.78 is 18.0. The number of halogens is 1. The van der Waals surface area contributed by atoms with Crippen molar-refractivity contribution in [2.24, 2.45) is 0 Å². The lowest BCUT2D eigenvalue weighted by Crippen LogP contribution is -2.44. The third kappa shape index (κ3) is 7.71. The molecule has 3 aromatic carbocycles. The molecule has 0 atom stereocenters. The van der Waals surface area contributed by atoms with Gasteiger partial charge in [0.05, 0.1) is 20.3 Å². The molecule has 1 N–H and O–H groups in total. The van der Waals surface area contributed by atoms with E-state index in [1.165, 1.54) is 0 Å². The molecule has 0 bridgehead atoms. The molecule has 0 aliphatic carbocycles. The van der Waals surface area contributed by atoms with Crippen LogP contribution in [0.1, 0.15) is 11.1 Å². The number of ether oxygens (including phenoxy) is 3. The average Bonchev–Trinajstić information content (AvgIpc) is 2.92. The number of hydrogen-bond donors (Lipinski definition) is 1. The Morgan fingerprint density at radius 3 is 2.47 bits per heavy atom. The van der Waals surface area contributed by atoms with Gasteiger partial charge in [-0.3, -0.25) is 4.90 Å². The maximum Gasteiger partial charge on any atom is 0.322 e. The number of carbonyl (C=O) groups is 1. The summed E-state index contributed by atoms with van der Waals surface area (Å²) in [6.45, 7) is 5.46. The third-order valence-corrected chi connectivity index (χ3v) is 6.54. The highest BCUT2D eigenvalue weighted by Gasteiger charge is 2.18. The van der Waals surface area contributed by atoms with E-state index >= 15 is 0 Å². The summed E-state index contributed by atoms with van der Waals surface area (Å²) in [6.07, 6.45) is 0. The summed E-state index contributed by atoms with van der Waals surface area (Å²) in [4.78, 5) is 17.5. The standard InChI is InChI=1S/C28H32BrN3O4/c1-34-26-12-7-23(19-27(26)36-21-22-5-3-2-4-6-22)20-32(14-13-31-15-17-35-18-16-31)28(33)30-25-10-8-24(29)9-11-25/h2-12,19H,13-18,20-21H2,1H3,(H,30,33). The first-order chi connectivity index (χ1) is 17.6. The number of rotatable bonds is 10. The van der Waals surface area contributed by atoms with Gasteiger partial charge in [-0.25, -0.2) is 4.79 Å². The van der Waals surface area contributed by atoms with Crippen LogP contribution in [0.4, 0.5) is 10.5 Å². The molecule has 1 fully saturated rings. The van der Waals surface area contributed by atoms with E-state index in [-0.39, 0.29) is 6.03 Å². The zero-order chi connectivity index (χ0) is 25.2. The highest BCUT2D eigenvalue weighted by molar-refractivity contribution is 9.10. The first kappa shape index (κ1) is 26.0. The van der Waals surface area contributed by atoms with Crippen molar-refractivity contribution in [3.05, 3.63) is 88.4 Å². The van der Waals surface area contributed by atoms with Gasteiger partial charge < -0.3 is 24.4 Å². The molecule has 4 rings (SSSR count). The Balaban J connectivity index is 1.47. The molecule has 2 amide bonds. The van der Waals surface area contributed by atoms with Gasteiger partial charge in [0.15, 0.2) is 11.5 Å². The number of anilines is 1. The SMILES string of the molecule is COc1ccc(CN(CCN2CCOCC2)C(=O)Nc2ccc(Br)cc2)cc1OCc1ccccc1. The zero-order valence-electron chi connectivity index (χ0n) is 20.5. The summed E-state index contributed by atoms with van der Waals surface area (Å²) >= 11 is 3.44. The predicted octanol–water partition coefficient (Wildman–Crippen LogP) is 5.40. The Kier molecular flexibility index (Phi) is 9.61. The number of nitrogens with zero attached hydrogens (tertiary/aromatic N) is 2. The smallest absolute Gasteiger partial charge is 0.322 e. The number of benzene rings is 3. The van der Waals surface area contributed by atoms with Crippen LogP contribution in [0.5, 0.6) is 11.5 Å². The number of amides is 2. The molecule has 8 heteroatoms. The van der Waals surface area contributed by atoms with Crippen LogP contribution >= 0.6 is 15.9 Å². The van der Waals surface area contributed by atoms with Gasteiger partial charge in [-0.05, 0) is 47.5 Å². The minimum atomic E-state index is -0.145. The lowest BCUT2D eigenvalue weighted by molar-refractivity contribution is 0.0349. The van der Waals surface area contributed by atoms with Gasteiger partial charge in [0.25, 0.3) is 0 Å². The summed E-state index contributed by atoms with van der Waals surface area (Å²) in [5, 5.41) is 3.03. The number of nitrogens with one attached hydrogen (secondary N) is 1. The molecular weight excluding hydrogens is 522 g/mol. The van der Waals surface area contributed by atoms with Crippen LogP contribution in [0, 0.1) is 0 Å². The lowest BCUT2D eigenvalue weighted by Gasteiger charge is -2.30. The third-order valence-electron chi connectivity index (χ3n) is 6.01. The highest BCUT2D eigenvalue weighted by atomic mass is 79.9. The molecule has 190 valence electrons. The van der Waals surface area contributed by atoms with Crippen molar-refractivity contribution in [2.75, 3.05) is 51.8 Å². The van der Waals surface area contributed by atoms with Gasteiger partial charge in [0.1, 0.15) is 6.61 Å².